The van der Waals surface area contributed by atoms with E-state index in [-0.39, 0.29) is 11.9 Å². The van der Waals surface area contributed by atoms with Crippen LogP contribution >= 0.6 is 0 Å². The maximum atomic E-state index is 11.6. The molecule has 4 heteroatoms. The van der Waals surface area contributed by atoms with Gasteiger partial charge in [-0.3, -0.25) is 4.79 Å². The van der Waals surface area contributed by atoms with Crippen LogP contribution in [-0.2, 0) is 4.79 Å². The summed E-state index contributed by atoms with van der Waals surface area (Å²) in [5, 5.41) is 0. The molecule has 1 amide bonds. The van der Waals surface area contributed by atoms with Crippen LogP contribution in [-0.4, -0.2) is 35.4 Å². The van der Waals surface area contributed by atoms with Crippen LogP contribution in [0, 0.1) is 0 Å². The number of hydrogen-bond acceptors (Lipinski definition) is 3. The smallest absolute Gasteiger partial charge is 0.219 e. The number of carbonyl (C=O) groups is 1. The molecule has 0 radical (unpaired) electrons. The van der Waals surface area contributed by atoms with Crippen molar-refractivity contribution in [2.24, 2.45) is 0 Å². The molecule has 0 bridgehead atoms. The molecule has 3 heterocycles. The molecule has 2 saturated heterocycles. The zero-order valence-electron chi connectivity index (χ0n) is 11.5. The lowest BCUT2D eigenvalue weighted by Gasteiger charge is -2.24. The Balaban J connectivity index is 1.76. The van der Waals surface area contributed by atoms with E-state index in [2.05, 4.69) is 22.0 Å². The number of pyridine rings is 1. The number of hydrogen-bond donors (Lipinski definition) is 0. The molecule has 0 N–H and O–H groups in total. The molecule has 1 atom stereocenters. The second kappa shape index (κ2) is 5.19. The van der Waals surface area contributed by atoms with Gasteiger partial charge in [0.25, 0.3) is 0 Å². The van der Waals surface area contributed by atoms with E-state index in [4.69, 9.17) is 0 Å². The molecule has 2 aliphatic rings. The monoisotopic (exact) mass is 259 g/mol. The molecule has 0 spiro atoms. The largest absolute Gasteiger partial charge is 0.357 e. The van der Waals surface area contributed by atoms with Crippen LogP contribution < -0.4 is 4.90 Å². The Morgan fingerprint density at radius 3 is 2.63 bits per heavy atom. The van der Waals surface area contributed by atoms with Crippen LogP contribution in [0.1, 0.15) is 44.2 Å². The molecule has 2 aliphatic heterocycles. The van der Waals surface area contributed by atoms with E-state index in [1.165, 1.54) is 18.4 Å². The van der Waals surface area contributed by atoms with Crippen molar-refractivity contribution >= 4 is 11.7 Å². The lowest BCUT2D eigenvalue weighted by atomic mass is 10.1. The molecule has 0 aliphatic carbocycles. The highest BCUT2D eigenvalue weighted by molar-refractivity contribution is 5.74. The minimum atomic E-state index is 0.172. The summed E-state index contributed by atoms with van der Waals surface area (Å²) in [6, 6.07) is 4.49. The van der Waals surface area contributed by atoms with Crippen molar-refractivity contribution in [1.82, 2.24) is 9.88 Å². The first-order valence-corrected chi connectivity index (χ1v) is 7.24. The number of rotatable bonds is 2. The minimum Gasteiger partial charge on any atom is -0.357 e. The Bertz CT molecular complexity index is 451. The highest BCUT2D eigenvalue weighted by atomic mass is 16.2. The summed E-state index contributed by atoms with van der Waals surface area (Å²) in [5.74, 6) is 1.25. The van der Waals surface area contributed by atoms with Gasteiger partial charge in [0.1, 0.15) is 5.82 Å². The SMILES string of the molecule is CC(=O)N1CCC[C@@H]1c1ccc(N2CCCC2)nc1. The highest BCUT2D eigenvalue weighted by Gasteiger charge is 2.28. The number of likely N-dealkylation sites (tertiary alicyclic amines) is 1. The lowest BCUT2D eigenvalue weighted by Crippen LogP contribution is -2.28. The fraction of sp³-hybridized carbons (Fsp3) is 0.600. The topological polar surface area (TPSA) is 36.4 Å². The van der Waals surface area contributed by atoms with Crippen LogP contribution in [0.15, 0.2) is 18.3 Å². The molecule has 102 valence electrons. The van der Waals surface area contributed by atoms with Gasteiger partial charge in [-0.05, 0) is 37.3 Å². The number of amides is 1. The standard InChI is InChI=1S/C15H21N3O/c1-12(19)18-10-4-5-14(18)13-6-7-15(16-11-13)17-8-2-3-9-17/h6-7,11,14H,2-5,8-10H2,1H3/t14-/m1/s1. The van der Waals surface area contributed by atoms with Gasteiger partial charge in [-0.15, -0.1) is 0 Å². The van der Waals surface area contributed by atoms with E-state index in [1.807, 2.05) is 11.1 Å². The van der Waals surface area contributed by atoms with E-state index in [0.717, 1.165) is 38.3 Å². The quantitative estimate of drug-likeness (QED) is 0.818. The van der Waals surface area contributed by atoms with E-state index in [9.17, 15) is 4.79 Å². The van der Waals surface area contributed by atoms with Gasteiger partial charge in [-0.2, -0.15) is 0 Å². The zero-order valence-corrected chi connectivity index (χ0v) is 11.5. The predicted octanol–water partition coefficient (Wildman–Crippen LogP) is 2.37. The van der Waals surface area contributed by atoms with Crippen molar-refractivity contribution in [1.29, 1.82) is 0 Å². The summed E-state index contributed by atoms with van der Waals surface area (Å²) in [7, 11) is 0. The summed E-state index contributed by atoms with van der Waals surface area (Å²) >= 11 is 0. The molecule has 0 unspecified atom stereocenters. The number of carbonyl (C=O) groups excluding carboxylic acids is 1. The minimum absolute atomic E-state index is 0.172. The van der Waals surface area contributed by atoms with Crippen molar-refractivity contribution < 1.29 is 4.79 Å². The second-order valence-corrected chi connectivity index (χ2v) is 5.51. The Kier molecular flexibility index (Phi) is 3.40. The van der Waals surface area contributed by atoms with Gasteiger partial charge >= 0.3 is 0 Å². The molecule has 0 aromatic carbocycles. The van der Waals surface area contributed by atoms with Crippen LogP contribution in [0.4, 0.5) is 5.82 Å². The van der Waals surface area contributed by atoms with Gasteiger partial charge in [0.2, 0.25) is 5.91 Å². The first kappa shape index (κ1) is 12.5. The summed E-state index contributed by atoms with van der Waals surface area (Å²) in [5.41, 5.74) is 1.18. The third-order valence-corrected chi connectivity index (χ3v) is 4.24. The summed E-state index contributed by atoms with van der Waals surface area (Å²) < 4.78 is 0. The molecule has 1 aromatic rings. The fourth-order valence-corrected chi connectivity index (χ4v) is 3.22. The fourth-order valence-electron chi connectivity index (χ4n) is 3.22. The van der Waals surface area contributed by atoms with Crippen molar-refractivity contribution in [3.63, 3.8) is 0 Å². The summed E-state index contributed by atoms with van der Waals surface area (Å²) in [6.07, 6.45) is 6.65. The van der Waals surface area contributed by atoms with E-state index in [1.54, 1.807) is 6.92 Å². The van der Waals surface area contributed by atoms with Crippen LogP contribution in [0.25, 0.3) is 0 Å². The Labute approximate surface area is 114 Å². The average molecular weight is 259 g/mol. The van der Waals surface area contributed by atoms with Gasteiger partial charge in [0.05, 0.1) is 6.04 Å². The van der Waals surface area contributed by atoms with Gasteiger partial charge in [0.15, 0.2) is 0 Å². The van der Waals surface area contributed by atoms with Crippen LogP contribution in [0.2, 0.25) is 0 Å². The molecule has 4 nitrogen and oxygen atoms in total. The Hall–Kier alpha value is -1.58. The van der Waals surface area contributed by atoms with Gasteiger partial charge < -0.3 is 9.80 Å². The normalized spacial score (nSPS) is 23.1. The maximum Gasteiger partial charge on any atom is 0.219 e. The van der Waals surface area contributed by atoms with E-state index < -0.39 is 0 Å². The molecule has 3 rings (SSSR count). The highest BCUT2D eigenvalue weighted by Crippen LogP contribution is 2.32. The van der Waals surface area contributed by atoms with Crippen molar-refractivity contribution in [2.45, 2.75) is 38.6 Å². The second-order valence-electron chi connectivity index (χ2n) is 5.51. The predicted molar refractivity (Wildman–Crippen MR) is 75.0 cm³/mol. The molecular formula is C15H21N3O. The van der Waals surface area contributed by atoms with Gasteiger partial charge in [0, 0.05) is 32.8 Å². The Morgan fingerprint density at radius 2 is 2.00 bits per heavy atom. The molecule has 0 saturated carbocycles. The van der Waals surface area contributed by atoms with E-state index in [0.29, 0.717) is 0 Å². The van der Waals surface area contributed by atoms with Crippen molar-refractivity contribution in [3.05, 3.63) is 23.9 Å². The van der Waals surface area contributed by atoms with Crippen LogP contribution in [0.3, 0.4) is 0 Å². The Morgan fingerprint density at radius 1 is 1.21 bits per heavy atom. The third-order valence-electron chi connectivity index (χ3n) is 4.24. The summed E-state index contributed by atoms with van der Waals surface area (Å²) in [4.78, 5) is 20.5. The van der Waals surface area contributed by atoms with Crippen molar-refractivity contribution in [2.75, 3.05) is 24.5 Å². The van der Waals surface area contributed by atoms with Crippen molar-refractivity contribution in [3.8, 4) is 0 Å². The average Bonchev–Trinajstić information content (AvgIpc) is 3.10. The molecular weight excluding hydrogens is 238 g/mol. The number of anilines is 1. The zero-order chi connectivity index (χ0) is 13.2. The maximum absolute atomic E-state index is 11.6. The lowest BCUT2D eigenvalue weighted by molar-refractivity contribution is -0.129. The molecule has 2 fully saturated rings. The molecule has 19 heavy (non-hydrogen) atoms. The first-order chi connectivity index (χ1) is 9.25. The number of nitrogens with zero attached hydrogens (tertiary/aromatic N) is 3. The number of aromatic nitrogens is 1. The van der Waals surface area contributed by atoms with Gasteiger partial charge in [-0.1, -0.05) is 6.07 Å². The third kappa shape index (κ3) is 2.44. The van der Waals surface area contributed by atoms with Gasteiger partial charge in [-0.25, -0.2) is 4.98 Å². The summed E-state index contributed by atoms with van der Waals surface area (Å²) in [6.45, 7) is 4.78. The first-order valence-electron chi connectivity index (χ1n) is 7.24. The van der Waals surface area contributed by atoms with E-state index >= 15 is 0 Å². The molecule has 1 aromatic heterocycles. The van der Waals surface area contributed by atoms with Crippen LogP contribution in [0.5, 0.6) is 0 Å².